The van der Waals surface area contributed by atoms with Crippen molar-refractivity contribution in [1.82, 2.24) is 10.3 Å². The molecule has 0 saturated heterocycles. The first-order valence-electron chi connectivity index (χ1n) is 9.93. The van der Waals surface area contributed by atoms with Crippen LogP contribution in [0.25, 0.3) is 5.70 Å². The quantitative estimate of drug-likeness (QED) is 0.607. The second-order valence-corrected chi connectivity index (χ2v) is 8.62. The molecular weight excluding hydrogens is 444 g/mol. The first-order chi connectivity index (χ1) is 15.6. The Labute approximate surface area is 193 Å². The molecule has 0 spiro atoms. The Kier molecular flexibility index (Phi) is 5.51. The Bertz CT molecular complexity index is 1360. The van der Waals surface area contributed by atoms with Crippen molar-refractivity contribution in [2.75, 3.05) is 0 Å². The summed E-state index contributed by atoms with van der Waals surface area (Å²) in [6.07, 6.45) is -0.959. The molecule has 0 radical (unpaired) electrons. The molecule has 0 bridgehead atoms. The lowest BCUT2D eigenvalue weighted by molar-refractivity contribution is -0.115. The van der Waals surface area contributed by atoms with Crippen LogP contribution in [0, 0.1) is 0 Å². The van der Waals surface area contributed by atoms with Crippen LogP contribution in [0.3, 0.4) is 0 Å². The lowest BCUT2D eigenvalue weighted by Gasteiger charge is -2.33. The van der Waals surface area contributed by atoms with Crippen LogP contribution in [-0.2, 0) is 10.5 Å². The smallest absolute Gasteiger partial charge is 0.276 e. The molecule has 1 amide bonds. The Balaban J connectivity index is 1.53. The van der Waals surface area contributed by atoms with Crippen molar-refractivity contribution in [2.24, 2.45) is 10.1 Å². The number of ketones is 1. The highest BCUT2D eigenvalue weighted by atomic mass is 35.5. The summed E-state index contributed by atoms with van der Waals surface area (Å²) in [5.41, 5.74) is 1.87. The van der Waals surface area contributed by atoms with Crippen LogP contribution in [0.15, 0.2) is 89.0 Å². The number of hydrogen-bond acceptors (Lipinski definition) is 6. The van der Waals surface area contributed by atoms with Gasteiger partial charge in [0.2, 0.25) is 11.9 Å². The average molecular weight is 461 g/mol. The molecule has 8 heteroatoms. The molecule has 2 aliphatic heterocycles. The zero-order chi connectivity index (χ0) is 22.1. The van der Waals surface area contributed by atoms with Gasteiger partial charge < -0.3 is 0 Å². The van der Waals surface area contributed by atoms with Crippen molar-refractivity contribution in [3.05, 3.63) is 106 Å². The zero-order valence-electron chi connectivity index (χ0n) is 16.7. The van der Waals surface area contributed by atoms with Gasteiger partial charge >= 0.3 is 0 Å². The van der Waals surface area contributed by atoms with Gasteiger partial charge in [-0.25, -0.2) is 10.0 Å². The number of thioether (sulfide) groups is 1. The molecule has 3 aromatic rings. The molecule has 1 N–H and O–H groups in total. The number of nitrogens with zero attached hydrogens (tertiary/aromatic N) is 3. The van der Waals surface area contributed by atoms with E-state index in [4.69, 9.17) is 11.6 Å². The summed E-state index contributed by atoms with van der Waals surface area (Å²) in [6.45, 7) is 0. The van der Waals surface area contributed by atoms with Crippen LogP contribution in [0.2, 0.25) is 5.02 Å². The van der Waals surface area contributed by atoms with Crippen molar-refractivity contribution in [2.45, 2.75) is 11.9 Å². The average Bonchev–Trinajstić information content (AvgIpc) is 2.83. The first-order valence-corrected chi connectivity index (χ1v) is 11.3. The summed E-state index contributed by atoms with van der Waals surface area (Å²) >= 11 is 7.33. The van der Waals surface area contributed by atoms with Gasteiger partial charge in [0.25, 0.3) is 5.91 Å². The monoisotopic (exact) mass is 460 g/mol. The SMILES string of the molecule is O=C1NC(SCc2ccc(Cl)cc2)=NN2C1=c1ccccc1=NC2C(=O)c1ccccc1. The number of amidine groups is 1. The lowest BCUT2D eigenvalue weighted by Crippen LogP contribution is -2.54. The molecule has 2 heterocycles. The molecule has 0 saturated carbocycles. The van der Waals surface area contributed by atoms with Crippen LogP contribution in [0.1, 0.15) is 15.9 Å². The zero-order valence-corrected chi connectivity index (χ0v) is 18.3. The van der Waals surface area contributed by atoms with E-state index in [-0.39, 0.29) is 11.7 Å². The van der Waals surface area contributed by atoms with E-state index in [2.05, 4.69) is 15.4 Å². The maximum atomic E-state index is 13.3. The molecule has 0 fully saturated rings. The predicted molar refractivity (Wildman–Crippen MR) is 125 cm³/mol. The maximum Gasteiger partial charge on any atom is 0.276 e. The van der Waals surface area contributed by atoms with Crippen molar-refractivity contribution < 1.29 is 9.59 Å². The summed E-state index contributed by atoms with van der Waals surface area (Å²) < 4.78 is 0. The van der Waals surface area contributed by atoms with E-state index in [1.54, 1.807) is 30.3 Å². The van der Waals surface area contributed by atoms with E-state index in [1.807, 2.05) is 48.5 Å². The molecule has 1 atom stereocenters. The normalized spacial score (nSPS) is 17.0. The fraction of sp³-hybridized carbons (Fsp3) is 0.0833. The second kappa shape index (κ2) is 8.61. The highest BCUT2D eigenvalue weighted by molar-refractivity contribution is 8.13. The molecule has 5 rings (SSSR count). The van der Waals surface area contributed by atoms with Gasteiger partial charge in [0, 0.05) is 21.6 Å². The van der Waals surface area contributed by atoms with E-state index in [1.165, 1.54) is 16.8 Å². The second-order valence-electron chi connectivity index (χ2n) is 7.22. The third kappa shape index (κ3) is 3.92. The highest BCUT2D eigenvalue weighted by Gasteiger charge is 2.37. The molecule has 1 unspecified atom stereocenters. The molecule has 0 aliphatic carbocycles. The van der Waals surface area contributed by atoms with Gasteiger partial charge in [0.15, 0.2) is 5.17 Å². The summed E-state index contributed by atoms with van der Waals surface area (Å²) in [5, 5.41) is 11.2. The maximum absolute atomic E-state index is 13.3. The van der Waals surface area contributed by atoms with Crippen LogP contribution < -0.4 is 15.9 Å². The minimum absolute atomic E-state index is 0.224. The number of rotatable bonds is 4. The number of amides is 1. The van der Waals surface area contributed by atoms with Gasteiger partial charge in [-0.15, -0.1) is 5.10 Å². The van der Waals surface area contributed by atoms with Gasteiger partial charge in [0.1, 0.15) is 5.70 Å². The Hall–Kier alpha value is -3.42. The molecular formula is C24H17ClN4O2S. The number of halogens is 1. The van der Waals surface area contributed by atoms with E-state index < -0.39 is 6.17 Å². The number of fused-ring (bicyclic) bond motifs is 2. The van der Waals surface area contributed by atoms with Crippen LogP contribution in [0.4, 0.5) is 0 Å². The van der Waals surface area contributed by atoms with Gasteiger partial charge in [-0.1, -0.05) is 84.0 Å². The van der Waals surface area contributed by atoms with Gasteiger partial charge in [0.05, 0.1) is 5.36 Å². The first kappa shape index (κ1) is 20.5. The minimum atomic E-state index is -0.959. The van der Waals surface area contributed by atoms with Crippen molar-refractivity contribution >= 4 is 45.9 Å². The van der Waals surface area contributed by atoms with Crippen LogP contribution in [0.5, 0.6) is 0 Å². The number of carbonyl (C=O) groups is 2. The molecule has 3 aromatic carbocycles. The van der Waals surface area contributed by atoms with Gasteiger partial charge in [-0.3, -0.25) is 14.9 Å². The number of benzene rings is 3. The third-order valence-corrected chi connectivity index (χ3v) is 6.28. The fourth-order valence-electron chi connectivity index (χ4n) is 3.55. The molecule has 32 heavy (non-hydrogen) atoms. The van der Waals surface area contributed by atoms with Crippen molar-refractivity contribution in [1.29, 1.82) is 0 Å². The predicted octanol–water partition coefficient (Wildman–Crippen LogP) is 2.93. The van der Waals surface area contributed by atoms with Crippen LogP contribution in [-0.4, -0.2) is 28.0 Å². The van der Waals surface area contributed by atoms with E-state index >= 15 is 0 Å². The molecule has 158 valence electrons. The Morgan fingerprint density at radius 1 is 1.00 bits per heavy atom. The lowest BCUT2D eigenvalue weighted by atomic mass is 10.1. The van der Waals surface area contributed by atoms with E-state index in [9.17, 15) is 9.59 Å². The number of Topliss-reactive ketones (excluding diaryl/α,β-unsaturated/α-hetero) is 1. The van der Waals surface area contributed by atoms with Crippen LogP contribution >= 0.6 is 23.4 Å². The summed E-state index contributed by atoms with van der Waals surface area (Å²) in [5.74, 6) is 0.0507. The van der Waals surface area contributed by atoms with E-state index in [0.29, 0.717) is 37.8 Å². The minimum Gasteiger partial charge on any atom is -0.298 e. The van der Waals surface area contributed by atoms with Crippen molar-refractivity contribution in [3.8, 4) is 0 Å². The summed E-state index contributed by atoms with van der Waals surface area (Å²) in [7, 11) is 0. The Morgan fingerprint density at radius 3 is 2.50 bits per heavy atom. The largest absolute Gasteiger partial charge is 0.298 e. The van der Waals surface area contributed by atoms with Gasteiger partial charge in [-0.2, -0.15) is 0 Å². The molecule has 0 aromatic heterocycles. The van der Waals surface area contributed by atoms with Crippen molar-refractivity contribution in [3.63, 3.8) is 0 Å². The fourth-order valence-corrected chi connectivity index (χ4v) is 4.48. The van der Waals surface area contributed by atoms with E-state index in [0.717, 1.165) is 5.56 Å². The van der Waals surface area contributed by atoms with Gasteiger partial charge in [-0.05, 0) is 23.8 Å². The topological polar surface area (TPSA) is 74.1 Å². The number of para-hydroxylation sites is 1. The summed E-state index contributed by atoms with van der Waals surface area (Å²) in [4.78, 5) is 31.1. The number of hydrazone groups is 1. The third-order valence-electron chi connectivity index (χ3n) is 5.10. The number of carbonyl (C=O) groups excluding carboxylic acids is 2. The standard InChI is InChI=1S/C24H17ClN4O2S/c25-17-12-10-15(11-13-17)14-32-24-27-23(31)20-18-8-4-5-9-19(18)26-22(29(20)28-24)21(30)16-6-2-1-3-7-16/h1-13,22H,14H2,(H,27,28,31). The number of nitrogens with one attached hydrogen (secondary N) is 1. The Morgan fingerprint density at radius 2 is 1.72 bits per heavy atom. The molecule has 2 aliphatic rings. The highest BCUT2D eigenvalue weighted by Crippen LogP contribution is 2.24. The summed E-state index contributed by atoms with van der Waals surface area (Å²) in [6, 6.07) is 23.7. The number of hydrogen-bond donors (Lipinski definition) is 1. The molecule has 6 nitrogen and oxygen atoms in total.